The van der Waals surface area contributed by atoms with Gasteiger partial charge in [0.25, 0.3) is 5.91 Å². The zero-order chi connectivity index (χ0) is 17.0. The van der Waals surface area contributed by atoms with E-state index in [1.54, 1.807) is 17.0 Å². The van der Waals surface area contributed by atoms with Crippen molar-refractivity contribution in [1.29, 1.82) is 0 Å². The molecular formula is C18H25NO4. The van der Waals surface area contributed by atoms with E-state index in [1.807, 2.05) is 19.1 Å². The predicted octanol–water partition coefficient (Wildman–Crippen LogP) is 2.90. The average molecular weight is 319 g/mol. The van der Waals surface area contributed by atoms with E-state index in [2.05, 4.69) is 13.8 Å². The maximum Gasteiger partial charge on any atom is 0.306 e. The molecule has 2 rings (SSSR count). The van der Waals surface area contributed by atoms with Gasteiger partial charge in [0, 0.05) is 18.7 Å². The highest BCUT2D eigenvalue weighted by Crippen LogP contribution is 2.25. The Morgan fingerprint density at radius 3 is 2.74 bits per heavy atom. The molecule has 0 bridgehead atoms. The normalized spacial score (nSPS) is 21.3. The van der Waals surface area contributed by atoms with Crippen LogP contribution < -0.4 is 4.74 Å². The lowest BCUT2D eigenvalue weighted by atomic mass is 9.87. The largest absolute Gasteiger partial charge is 0.493 e. The molecule has 1 N–H and O–H groups in total. The molecule has 23 heavy (non-hydrogen) atoms. The Labute approximate surface area is 137 Å². The van der Waals surface area contributed by atoms with E-state index < -0.39 is 5.97 Å². The van der Waals surface area contributed by atoms with Gasteiger partial charge in [-0.05, 0) is 36.5 Å². The van der Waals surface area contributed by atoms with Gasteiger partial charge in [0.05, 0.1) is 12.5 Å². The highest BCUT2D eigenvalue weighted by Gasteiger charge is 2.33. The molecule has 1 heterocycles. The second kappa shape index (κ2) is 7.49. The highest BCUT2D eigenvalue weighted by molar-refractivity contribution is 5.94. The van der Waals surface area contributed by atoms with Crippen molar-refractivity contribution in [3.8, 4) is 5.75 Å². The van der Waals surface area contributed by atoms with E-state index >= 15 is 0 Å². The van der Waals surface area contributed by atoms with Crippen molar-refractivity contribution in [3.05, 3.63) is 29.8 Å². The molecule has 2 unspecified atom stereocenters. The van der Waals surface area contributed by atoms with Crippen LogP contribution in [0.2, 0.25) is 0 Å². The summed E-state index contributed by atoms with van der Waals surface area (Å²) in [5, 5.41) is 9.17. The van der Waals surface area contributed by atoms with Crippen molar-refractivity contribution in [3.63, 3.8) is 0 Å². The lowest BCUT2D eigenvalue weighted by Gasteiger charge is -2.35. The van der Waals surface area contributed by atoms with Gasteiger partial charge in [-0.1, -0.05) is 26.8 Å². The fourth-order valence-electron chi connectivity index (χ4n) is 2.86. The summed E-state index contributed by atoms with van der Waals surface area (Å²) in [6.45, 7) is 7.61. The van der Waals surface area contributed by atoms with E-state index in [1.165, 1.54) is 0 Å². The zero-order valence-corrected chi connectivity index (χ0v) is 14.0. The third-order valence-corrected chi connectivity index (χ3v) is 4.17. The Morgan fingerprint density at radius 1 is 1.39 bits per heavy atom. The molecule has 2 atom stereocenters. The van der Waals surface area contributed by atoms with Crippen molar-refractivity contribution >= 4 is 11.9 Å². The van der Waals surface area contributed by atoms with E-state index in [-0.39, 0.29) is 17.7 Å². The summed E-state index contributed by atoms with van der Waals surface area (Å²) in [4.78, 5) is 25.5. The van der Waals surface area contributed by atoms with Crippen LogP contribution in [-0.4, -0.2) is 41.6 Å². The van der Waals surface area contributed by atoms with Crippen LogP contribution >= 0.6 is 0 Å². The molecule has 1 fully saturated rings. The van der Waals surface area contributed by atoms with E-state index in [9.17, 15) is 14.7 Å². The molecule has 1 saturated heterocycles. The summed E-state index contributed by atoms with van der Waals surface area (Å²) >= 11 is 0. The second-order valence-corrected chi connectivity index (χ2v) is 6.69. The minimum absolute atomic E-state index is 0.0365. The van der Waals surface area contributed by atoms with Gasteiger partial charge in [-0.15, -0.1) is 0 Å². The molecule has 0 aliphatic carbocycles. The molecule has 126 valence electrons. The quantitative estimate of drug-likeness (QED) is 0.906. The lowest BCUT2D eigenvalue weighted by Crippen LogP contribution is -2.45. The number of carbonyl (C=O) groups is 2. The molecule has 1 amide bonds. The van der Waals surface area contributed by atoms with E-state index in [0.29, 0.717) is 43.3 Å². The maximum absolute atomic E-state index is 12.6. The Balaban J connectivity index is 2.03. The number of nitrogens with zero attached hydrogens (tertiary/aromatic N) is 1. The van der Waals surface area contributed by atoms with Crippen LogP contribution in [0.4, 0.5) is 0 Å². The number of piperidine rings is 1. The maximum atomic E-state index is 12.6. The number of hydrogen-bond acceptors (Lipinski definition) is 3. The summed E-state index contributed by atoms with van der Waals surface area (Å²) in [5.74, 6) is -0.113. The number of aliphatic carboxylic acids is 1. The van der Waals surface area contributed by atoms with Crippen molar-refractivity contribution in [2.24, 2.45) is 17.8 Å². The predicted molar refractivity (Wildman–Crippen MR) is 87.6 cm³/mol. The third kappa shape index (κ3) is 4.47. The molecule has 1 aromatic carbocycles. The Bertz CT molecular complexity index is 570. The first-order valence-electron chi connectivity index (χ1n) is 8.13. The van der Waals surface area contributed by atoms with Gasteiger partial charge < -0.3 is 14.7 Å². The number of carboxylic acids is 1. The lowest BCUT2D eigenvalue weighted by molar-refractivity contribution is -0.145. The van der Waals surface area contributed by atoms with Gasteiger partial charge in [0.15, 0.2) is 0 Å². The zero-order valence-electron chi connectivity index (χ0n) is 14.0. The number of hydrogen-bond donors (Lipinski definition) is 1. The average Bonchev–Trinajstić information content (AvgIpc) is 2.52. The molecule has 5 heteroatoms. The van der Waals surface area contributed by atoms with Crippen LogP contribution in [0, 0.1) is 17.8 Å². The smallest absolute Gasteiger partial charge is 0.306 e. The van der Waals surface area contributed by atoms with Crippen LogP contribution in [0.5, 0.6) is 5.75 Å². The first-order valence-corrected chi connectivity index (χ1v) is 8.13. The Morgan fingerprint density at radius 2 is 2.13 bits per heavy atom. The van der Waals surface area contributed by atoms with Crippen LogP contribution in [-0.2, 0) is 4.79 Å². The summed E-state index contributed by atoms with van der Waals surface area (Å²) in [6.07, 6.45) is 0.506. The van der Waals surface area contributed by atoms with Gasteiger partial charge in [-0.2, -0.15) is 0 Å². The number of carboxylic acid groups (broad SMARTS) is 1. The summed E-state index contributed by atoms with van der Waals surface area (Å²) in [6, 6.07) is 7.20. The number of likely N-dealkylation sites (tertiary alicyclic amines) is 1. The van der Waals surface area contributed by atoms with Gasteiger partial charge in [0.1, 0.15) is 5.75 Å². The van der Waals surface area contributed by atoms with Gasteiger partial charge in [-0.3, -0.25) is 9.59 Å². The van der Waals surface area contributed by atoms with Gasteiger partial charge >= 0.3 is 5.97 Å². The SMILES string of the molecule is CC(C)COc1cccc(C(=O)N2CCC(C(=O)O)C(C)C2)c1. The third-order valence-electron chi connectivity index (χ3n) is 4.17. The summed E-state index contributed by atoms with van der Waals surface area (Å²) in [7, 11) is 0. The Hall–Kier alpha value is -2.04. The van der Waals surface area contributed by atoms with Crippen LogP contribution in [0.1, 0.15) is 37.6 Å². The van der Waals surface area contributed by atoms with Crippen LogP contribution in [0.15, 0.2) is 24.3 Å². The molecule has 0 radical (unpaired) electrons. The first-order chi connectivity index (χ1) is 10.9. The van der Waals surface area contributed by atoms with E-state index in [4.69, 9.17) is 4.74 Å². The fourth-order valence-corrected chi connectivity index (χ4v) is 2.86. The molecule has 0 aromatic heterocycles. The molecule has 1 aromatic rings. The Kier molecular flexibility index (Phi) is 5.64. The monoisotopic (exact) mass is 319 g/mol. The molecule has 1 aliphatic rings. The second-order valence-electron chi connectivity index (χ2n) is 6.69. The van der Waals surface area contributed by atoms with Crippen LogP contribution in [0.3, 0.4) is 0 Å². The number of rotatable bonds is 5. The standard InChI is InChI=1S/C18H25NO4/c1-12(2)11-23-15-6-4-5-14(9-15)17(20)19-8-7-16(18(21)22)13(3)10-19/h4-6,9,12-13,16H,7-8,10-11H2,1-3H3,(H,21,22). The molecule has 0 spiro atoms. The van der Waals surface area contributed by atoms with Crippen molar-refractivity contribution < 1.29 is 19.4 Å². The van der Waals surface area contributed by atoms with Crippen molar-refractivity contribution in [2.75, 3.05) is 19.7 Å². The minimum atomic E-state index is -0.770. The molecule has 0 saturated carbocycles. The van der Waals surface area contributed by atoms with E-state index in [0.717, 1.165) is 0 Å². The topological polar surface area (TPSA) is 66.8 Å². The summed E-state index contributed by atoms with van der Waals surface area (Å²) < 4.78 is 5.67. The number of benzene rings is 1. The number of carbonyl (C=O) groups excluding carboxylic acids is 1. The number of amides is 1. The molecular weight excluding hydrogens is 294 g/mol. The highest BCUT2D eigenvalue weighted by atomic mass is 16.5. The molecule has 5 nitrogen and oxygen atoms in total. The van der Waals surface area contributed by atoms with Crippen molar-refractivity contribution in [2.45, 2.75) is 27.2 Å². The molecule has 1 aliphatic heterocycles. The van der Waals surface area contributed by atoms with Crippen LogP contribution in [0.25, 0.3) is 0 Å². The van der Waals surface area contributed by atoms with Gasteiger partial charge in [0.2, 0.25) is 0 Å². The van der Waals surface area contributed by atoms with Gasteiger partial charge in [-0.25, -0.2) is 0 Å². The fraction of sp³-hybridized carbons (Fsp3) is 0.556. The number of ether oxygens (including phenoxy) is 1. The summed E-state index contributed by atoms with van der Waals surface area (Å²) in [5.41, 5.74) is 0.590. The minimum Gasteiger partial charge on any atom is -0.493 e. The first kappa shape index (κ1) is 17.3. The van der Waals surface area contributed by atoms with Crippen molar-refractivity contribution in [1.82, 2.24) is 4.90 Å².